The minimum absolute atomic E-state index is 0.0121. The lowest BCUT2D eigenvalue weighted by atomic mass is 9.76. The molecule has 1 aliphatic heterocycles. The molecule has 0 aromatic heterocycles. The van der Waals surface area contributed by atoms with Crippen molar-refractivity contribution in [1.82, 2.24) is 10.4 Å². The zero-order valence-electron chi connectivity index (χ0n) is 16.7. The average Bonchev–Trinajstić information content (AvgIpc) is 2.76. The van der Waals surface area contributed by atoms with Crippen molar-refractivity contribution in [3.05, 3.63) is 94.0 Å². The Labute approximate surface area is 175 Å². The second kappa shape index (κ2) is 7.88. The summed E-state index contributed by atoms with van der Waals surface area (Å²) in [6.07, 6.45) is 1.68. The summed E-state index contributed by atoms with van der Waals surface area (Å²) in [6.45, 7) is 1.97. The van der Waals surface area contributed by atoms with E-state index in [1.807, 2.05) is 37.3 Å². The molecule has 0 radical (unpaired) electrons. The smallest absolute Gasteiger partial charge is 0.270 e. The predicted molar refractivity (Wildman–Crippen MR) is 112 cm³/mol. The highest BCUT2D eigenvalue weighted by molar-refractivity contribution is 6.00. The first-order valence-corrected chi connectivity index (χ1v) is 9.90. The highest BCUT2D eigenvalue weighted by Crippen LogP contribution is 2.44. The van der Waals surface area contributed by atoms with Gasteiger partial charge >= 0.3 is 0 Å². The van der Waals surface area contributed by atoms with Gasteiger partial charge in [-0.2, -0.15) is 5.26 Å². The van der Waals surface area contributed by atoms with E-state index in [1.165, 1.54) is 5.01 Å². The number of nitrogens with zero attached hydrogens (tertiary/aromatic N) is 2. The van der Waals surface area contributed by atoms with Crippen molar-refractivity contribution in [3.8, 4) is 6.07 Å². The molecule has 6 nitrogen and oxygen atoms in total. The van der Waals surface area contributed by atoms with Crippen molar-refractivity contribution in [2.24, 2.45) is 5.73 Å². The second-order valence-corrected chi connectivity index (χ2v) is 7.54. The maximum Gasteiger partial charge on any atom is 0.270 e. The summed E-state index contributed by atoms with van der Waals surface area (Å²) >= 11 is 0. The van der Waals surface area contributed by atoms with Gasteiger partial charge in [-0.3, -0.25) is 15.0 Å². The largest absolute Gasteiger partial charge is 0.383 e. The number of nitriles is 1. The van der Waals surface area contributed by atoms with Gasteiger partial charge in [-0.15, -0.1) is 0 Å². The zero-order valence-corrected chi connectivity index (χ0v) is 16.7. The molecular formula is C24H22N4O2. The highest BCUT2D eigenvalue weighted by Gasteiger charge is 2.40. The monoisotopic (exact) mass is 398 g/mol. The standard InChI is InChI=1S/C24H22N4O2/c1-15-7-5-10-17(13-15)21-18(14-25)23(26)28(19-11-6-12-20(29)22(19)21)27-24(30)16-8-3-2-4-9-16/h2-5,7-10,13,21H,6,11-12,26H2,1H3,(H,27,30). The summed E-state index contributed by atoms with van der Waals surface area (Å²) in [4.78, 5) is 25.8. The van der Waals surface area contributed by atoms with Crippen LogP contribution in [0.5, 0.6) is 0 Å². The van der Waals surface area contributed by atoms with E-state index >= 15 is 0 Å². The van der Waals surface area contributed by atoms with E-state index in [0.717, 1.165) is 11.1 Å². The molecule has 6 heteroatoms. The minimum atomic E-state index is -0.525. The molecule has 0 fully saturated rings. The number of hydrazine groups is 1. The Hall–Kier alpha value is -3.85. The number of rotatable bonds is 3. The maximum atomic E-state index is 13.0. The molecule has 3 N–H and O–H groups in total. The van der Waals surface area contributed by atoms with E-state index in [-0.39, 0.29) is 23.1 Å². The highest BCUT2D eigenvalue weighted by atomic mass is 16.2. The fourth-order valence-corrected chi connectivity index (χ4v) is 4.15. The predicted octanol–water partition coefficient (Wildman–Crippen LogP) is 3.44. The molecular weight excluding hydrogens is 376 g/mol. The van der Waals surface area contributed by atoms with Crippen LogP contribution in [0.2, 0.25) is 0 Å². The van der Waals surface area contributed by atoms with Crippen molar-refractivity contribution in [2.45, 2.75) is 32.1 Å². The number of hydrogen-bond donors (Lipinski definition) is 2. The number of Topliss-reactive ketones (excluding diaryl/α,β-unsaturated/α-hetero) is 1. The van der Waals surface area contributed by atoms with Crippen LogP contribution < -0.4 is 11.2 Å². The molecule has 2 aliphatic rings. The first-order valence-electron chi connectivity index (χ1n) is 9.90. The number of aryl methyl sites for hydroxylation is 1. The van der Waals surface area contributed by atoms with Crippen LogP contribution in [-0.4, -0.2) is 16.7 Å². The molecule has 4 rings (SSSR count). The number of carbonyl (C=O) groups excluding carboxylic acids is 2. The van der Waals surface area contributed by atoms with E-state index < -0.39 is 5.92 Å². The SMILES string of the molecule is Cc1cccc(C2C(C#N)=C(N)N(NC(=O)c3ccccc3)C3=C2C(=O)CCC3)c1. The maximum absolute atomic E-state index is 13.0. The van der Waals surface area contributed by atoms with Gasteiger partial charge in [0.1, 0.15) is 5.82 Å². The summed E-state index contributed by atoms with van der Waals surface area (Å²) < 4.78 is 0. The van der Waals surface area contributed by atoms with Gasteiger partial charge in [0, 0.05) is 23.3 Å². The number of nitrogens with one attached hydrogen (secondary N) is 1. The molecule has 1 amide bonds. The van der Waals surface area contributed by atoms with E-state index in [4.69, 9.17) is 5.73 Å². The summed E-state index contributed by atoms with van der Waals surface area (Å²) in [7, 11) is 0. The number of amides is 1. The molecule has 150 valence electrons. The Balaban J connectivity index is 1.83. The quantitative estimate of drug-likeness (QED) is 0.825. The van der Waals surface area contributed by atoms with E-state index in [9.17, 15) is 14.9 Å². The van der Waals surface area contributed by atoms with Crippen LogP contribution in [0.3, 0.4) is 0 Å². The van der Waals surface area contributed by atoms with Gasteiger partial charge in [0.05, 0.1) is 17.6 Å². The molecule has 0 bridgehead atoms. The molecule has 2 aromatic rings. The Bertz CT molecular complexity index is 1130. The van der Waals surface area contributed by atoms with Crippen molar-refractivity contribution in [2.75, 3.05) is 0 Å². The number of carbonyl (C=O) groups is 2. The van der Waals surface area contributed by atoms with Crippen LogP contribution in [0.4, 0.5) is 0 Å². The van der Waals surface area contributed by atoms with Gasteiger partial charge < -0.3 is 5.73 Å². The lowest BCUT2D eigenvalue weighted by Crippen LogP contribution is -2.48. The Morgan fingerprint density at radius 3 is 2.63 bits per heavy atom. The third-order valence-corrected chi connectivity index (χ3v) is 5.54. The molecule has 1 heterocycles. The number of benzene rings is 2. The van der Waals surface area contributed by atoms with Crippen LogP contribution in [0.15, 0.2) is 77.3 Å². The molecule has 30 heavy (non-hydrogen) atoms. The van der Waals surface area contributed by atoms with Crippen molar-refractivity contribution in [3.63, 3.8) is 0 Å². The molecule has 0 spiro atoms. The summed E-state index contributed by atoms with van der Waals surface area (Å²) in [5.41, 5.74) is 13.0. The summed E-state index contributed by atoms with van der Waals surface area (Å²) in [5.74, 6) is -0.735. The van der Waals surface area contributed by atoms with Crippen LogP contribution >= 0.6 is 0 Å². The van der Waals surface area contributed by atoms with E-state index in [1.54, 1.807) is 24.3 Å². The van der Waals surface area contributed by atoms with Gasteiger partial charge in [-0.25, -0.2) is 5.01 Å². The summed E-state index contributed by atoms with van der Waals surface area (Å²) in [6, 6.07) is 18.7. The fraction of sp³-hybridized carbons (Fsp3) is 0.208. The van der Waals surface area contributed by atoms with Crippen LogP contribution in [0, 0.1) is 18.3 Å². The lowest BCUT2D eigenvalue weighted by Gasteiger charge is -2.39. The number of ketones is 1. The normalized spacial score (nSPS) is 18.7. The number of hydrogen-bond acceptors (Lipinski definition) is 5. The fourth-order valence-electron chi connectivity index (χ4n) is 4.15. The number of nitrogens with two attached hydrogens (primary N) is 1. The molecule has 0 saturated carbocycles. The zero-order chi connectivity index (χ0) is 21.3. The first-order chi connectivity index (χ1) is 14.5. The lowest BCUT2D eigenvalue weighted by molar-refractivity contribution is -0.116. The first kappa shape index (κ1) is 19.5. The van der Waals surface area contributed by atoms with Gasteiger partial charge in [-0.05, 0) is 37.5 Å². The van der Waals surface area contributed by atoms with Crippen molar-refractivity contribution < 1.29 is 9.59 Å². The van der Waals surface area contributed by atoms with E-state index in [0.29, 0.717) is 36.1 Å². The topological polar surface area (TPSA) is 99.2 Å². The van der Waals surface area contributed by atoms with Gasteiger partial charge in [0.2, 0.25) is 0 Å². The van der Waals surface area contributed by atoms with Crippen LogP contribution in [0.1, 0.15) is 46.7 Å². The summed E-state index contributed by atoms with van der Waals surface area (Å²) in [5, 5.41) is 11.4. The van der Waals surface area contributed by atoms with Gasteiger partial charge in [-0.1, -0.05) is 48.0 Å². The molecule has 1 atom stereocenters. The van der Waals surface area contributed by atoms with Crippen LogP contribution in [-0.2, 0) is 4.79 Å². The van der Waals surface area contributed by atoms with Gasteiger partial charge in [0.15, 0.2) is 5.78 Å². The Morgan fingerprint density at radius 1 is 1.17 bits per heavy atom. The van der Waals surface area contributed by atoms with Crippen LogP contribution in [0.25, 0.3) is 0 Å². The van der Waals surface area contributed by atoms with E-state index in [2.05, 4.69) is 11.5 Å². The third kappa shape index (κ3) is 3.35. The molecule has 2 aromatic carbocycles. The van der Waals surface area contributed by atoms with Crippen molar-refractivity contribution >= 4 is 11.7 Å². The Kier molecular flexibility index (Phi) is 5.11. The molecule has 1 aliphatic carbocycles. The van der Waals surface area contributed by atoms with Gasteiger partial charge in [0.25, 0.3) is 5.91 Å². The molecule has 0 saturated heterocycles. The minimum Gasteiger partial charge on any atom is -0.383 e. The average molecular weight is 398 g/mol. The Morgan fingerprint density at radius 2 is 1.93 bits per heavy atom. The molecule has 1 unspecified atom stereocenters. The number of allylic oxidation sites excluding steroid dienone is 3. The third-order valence-electron chi connectivity index (χ3n) is 5.54. The van der Waals surface area contributed by atoms with Crippen molar-refractivity contribution in [1.29, 1.82) is 5.26 Å². The second-order valence-electron chi connectivity index (χ2n) is 7.54.